The molecule has 0 aromatic rings. The zero-order valence-corrected chi connectivity index (χ0v) is 12.8. The predicted octanol–water partition coefficient (Wildman–Crippen LogP) is 2.50. The van der Waals surface area contributed by atoms with Crippen LogP contribution in [0, 0.1) is 5.92 Å². The highest BCUT2D eigenvalue weighted by molar-refractivity contribution is 5.91. The molecule has 3 atom stereocenters. The van der Waals surface area contributed by atoms with Crippen molar-refractivity contribution in [3.8, 4) is 0 Å². The quantitative estimate of drug-likeness (QED) is 0.693. The summed E-state index contributed by atoms with van der Waals surface area (Å²) in [6.07, 6.45) is 3.03. The Morgan fingerprint density at radius 3 is 2.55 bits per heavy atom. The Kier molecular flexibility index (Phi) is 3.80. The van der Waals surface area contributed by atoms with Gasteiger partial charge in [-0.15, -0.1) is 0 Å². The maximum absolute atomic E-state index is 12.4. The van der Waals surface area contributed by atoms with E-state index in [9.17, 15) is 9.59 Å². The van der Waals surface area contributed by atoms with Gasteiger partial charge in [-0.25, -0.2) is 9.59 Å². The summed E-state index contributed by atoms with van der Waals surface area (Å²) in [5, 5.41) is 0. The third kappa shape index (κ3) is 2.67. The van der Waals surface area contributed by atoms with E-state index in [1.54, 1.807) is 4.90 Å². The van der Waals surface area contributed by atoms with Crippen LogP contribution in [-0.2, 0) is 14.3 Å². The summed E-state index contributed by atoms with van der Waals surface area (Å²) >= 11 is 0. The number of nitrogens with zero attached hydrogens (tertiary/aromatic N) is 1. The van der Waals surface area contributed by atoms with Crippen LogP contribution in [0.1, 0.15) is 40.5 Å². The molecule has 5 nitrogen and oxygen atoms in total. The van der Waals surface area contributed by atoms with Crippen LogP contribution in [0.5, 0.6) is 0 Å². The number of ether oxygens (including phenoxy) is 2. The standard InChI is InChI=1S/C15H23NO4/c1-9-8-12-10(13(17)19-5)6-7-11(9)16(12)14(18)20-15(2,3)4/h6,9,11-12H,7-8H2,1-5H3/t9-,11-,12-/m1/s1. The first-order valence-electron chi connectivity index (χ1n) is 7.04. The first kappa shape index (κ1) is 14.9. The van der Waals surface area contributed by atoms with E-state index in [0.717, 1.165) is 6.42 Å². The third-order valence-electron chi connectivity index (χ3n) is 3.91. The van der Waals surface area contributed by atoms with Crippen molar-refractivity contribution in [1.29, 1.82) is 0 Å². The minimum Gasteiger partial charge on any atom is -0.466 e. The van der Waals surface area contributed by atoms with Gasteiger partial charge in [0.15, 0.2) is 0 Å². The van der Waals surface area contributed by atoms with Gasteiger partial charge in [0.25, 0.3) is 0 Å². The molecule has 5 heteroatoms. The molecule has 0 aromatic heterocycles. The molecule has 0 aromatic carbocycles. The van der Waals surface area contributed by atoms with Crippen molar-refractivity contribution in [2.75, 3.05) is 7.11 Å². The summed E-state index contributed by atoms with van der Waals surface area (Å²) in [7, 11) is 1.37. The van der Waals surface area contributed by atoms with Gasteiger partial charge in [-0.05, 0) is 39.5 Å². The van der Waals surface area contributed by atoms with E-state index in [-0.39, 0.29) is 24.1 Å². The highest BCUT2D eigenvalue weighted by Gasteiger charge is 2.48. The molecule has 0 saturated carbocycles. The molecule has 2 rings (SSSR count). The third-order valence-corrected chi connectivity index (χ3v) is 3.91. The molecule has 1 amide bonds. The lowest BCUT2D eigenvalue weighted by molar-refractivity contribution is -0.136. The predicted molar refractivity (Wildman–Crippen MR) is 74.1 cm³/mol. The summed E-state index contributed by atoms with van der Waals surface area (Å²) in [6, 6.07) is -0.102. The molecule has 0 N–H and O–H groups in total. The Balaban J connectivity index is 2.24. The van der Waals surface area contributed by atoms with E-state index in [1.165, 1.54) is 7.11 Å². The largest absolute Gasteiger partial charge is 0.466 e. The van der Waals surface area contributed by atoms with Gasteiger partial charge in [-0.1, -0.05) is 13.0 Å². The van der Waals surface area contributed by atoms with E-state index in [0.29, 0.717) is 17.9 Å². The lowest BCUT2D eigenvalue weighted by Crippen LogP contribution is -2.48. The Bertz CT molecular complexity index is 449. The summed E-state index contributed by atoms with van der Waals surface area (Å²) in [6.45, 7) is 7.64. The number of methoxy groups -OCH3 is 1. The highest BCUT2D eigenvalue weighted by atomic mass is 16.6. The molecule has 0 spiro atoms. The summed E-state index contributed by atoms with van der Waals surface area (Å²) < 4.78 is 10.3. The fourth-order valence-electron chi connectivity index (χ4n) is 3.05. The Hall–Kier alpha value is -1.52. The number of fused-ring (bicyclic) bond motifs is 2. The number of hydrogen-bond acceptors (Lipinski definition) is 4. The number of carbonyl (C=O) groups is 2. The van der Waals surface area contributed by atoms with Crippen molar-refractivity contribution >= 4 is 12.1 Å². The molecular formula is C15H23NO4. The van der Waals surface area contributed by atoms with Gasteiger partial charge in [-0.2, -0.15) is 0 Å². The minimum absolute atomic E-state index is 0.114. The zero-order chi connectivity index (χ0) is 15.1. The van der Waals surface area contributed by atoms with Crippen molar-refractivity contribution < 1.29 is 19.1 Å². The molecular weight excluding hydrogens is 258 g/mol. The molecule has 112 valence electrons. The summed E-state index contributed by atoms with van der Waals surface area (Å²) in [5.41, 5.74) is 0.0470. The van der Waals surface area contributed by atoms with Crippen LogP contribution in [-0.4, -0.2) is 41.8 Å². The van der Waals surface area contributed by atoms with Gasteiger partial charge >= 0.3 is 12.1 Å². The van der Waals surface area contributed by atoms with Crippen LogP contribution in [0.15, 0.2) is 11.6 Å². The second-order valence-corrected chi connectivity index (χ2v) is 6.57. The van der Waals surface area contributed by atoms with Crippen molar-refractivity contribution in [2.45, 2.75) is 58.2 Å². The fraction of sp³-hybridized carbons (Fsp3) is 0.733. The van der Waals surface area contributed by atoms with Gasteiger partial charge in [0.05, 0.1) is 18.7 Å². The smallest absolute Gasteiger partial charge is 0.411 e. The van der Waals surface area contributed by atoms with E-state index < -0.39 is 5.60 Å². The number of carbonyl (C=O) groups excluding carboxylic acids is 2. The Labute approximate surface area is 119 Å². The molecule has 2 aliphatic rings. The second kappa shape index (κ2) is 5.11. The zero-order valence-electron chi connectivity index (χ0n) is 12.8. The molecule has 1 fully saturated rings. The van der Waals surface area contributed by atoms with Crippen LogP contribution in [0.3, 0.4) is 0 Å². The molecule has 2 bridgehead atoms. The van der Waals surface area contributed by atoms with Gasteiger partial charge in [-0.3, -0.25) is 4.90 Å². The van der Waals surface area contributed by atoms with Crippen molar-refractivity contribution in [2.24, 2.45) is 5.92 Å². The van der Waals surface area contributed by atoms with Crippen molar-refractivity contribution in [3.05, 3.63) is 11.6 Å². The van der Waals surface area contributed by atoms with Crippen LogP contribution in [0.2, 0.25) is 0 Å². The molecule has 2 aliphatic heterocycles. The lowest BCUT2D eigenvalue weighted by atomic mass is 10.0. The lowest BCUT2D eigenvalue weighted by Gasteiger charge is -2.36. The number of esters is 1. The highest BCUT2D eigenvalue weighted by Crippen LogP contribution is 2.40. The molecule has 0 radical (unpaired) electrons. The monoisotopic (exact) mass is 281 g/mol. The van der Waals surface area contributed by atoms with Crippen LogP contribution in [0.4, 0.5) is 4.79 Å². The molecule has 1 saturated heterocycles. The Morgan fingerprint density at radius 1 is 1.35 bits per heavy atom. The first-order chi connectivity index (χ1) is 9.24. The summed E-state index contributed by atoms with van der Waals surface area (Å²) in [4.78, 5) is 26.0. The maximum atomic E-state index is 12.4. The van der Waals surface area contributed by atoms with Gasteiger partial charge in [0, 0.05) is 6.04 Å². The Morgan fingerprint density at radius 2 is 2.00 bits per heavy atom. The van der Waals surface area contributed by atoms with Gasteiger partial charge < -0.3 is 9.47 Å². The minimum atomic E-state index is -0.535. The normalized spacial score (nSPS) is 28.9. The molecule has 20 heavy (non-hydrogen) atoms. The molecule has 0 unspecified atom stereocenters. The first-order valence-corrected chi connectivity index (χ1v) is 7.04. The number of amides is 1. The fourth-order valence-corrected chi connectivity index (χ4v) is 3.05. The van der Waals surface area contributed by atoms with Crippen molar-refractivity contribution in [1.82, 2.24) is 4.90 Å². The second-order valence-electron chi connectivity index (χ2n) is 6.57. The van der Waals surface area contributed by atoms with Crippen molar-refractivity contribution in [3.63, 3.8) is 0 Å². The summed E-state index contributed by atoms with van der Waals surface area (Å²) in [5.74, 6) is 0.00188. The van der Waals surface area contributed by atoms with Gasteiger partial charge in [0.2, 0.25) is 0 Å². The van der Waals surface area contributed by atoms with Crippen LogP contribution >= 0.6 is 0 Å². The average molecular weight is 281 g/mol. The number of hydrogen-bond donors (Lipinski definition) is 0. The molecule has 2 heterocycles. The van der Waals surface area contributed by atoms with E-state index in [2.05, 4.69) is 6.92 Å². The average Bonchev–Trinajstić information content (AvgIpc) is 2.56. The maximum Gasteiger partial charge on any atom is 0.411 e. The van der Waals surface area contributed by atoms with E-state index in [4.69, 9.17) is 9.47 Å². The SMILES string of the molecule is COC(=O)C1=CC[C@@H]2[C@H](C)C[C@H]1N2C(=O)OC(C)(C)C. The molecule has 0 aliphatic carbocycles. The van der Waals surface area contributed by atoms with E-state index >= 15 is 0 Å². The van der Waals surface area contributed by atoms with Crippen LogP contribution in [0.25, 0.3) is 0 Å². The van der Waals surface area contributed by atoms with Gasteiger partial charge in [0.1, 0.15) is 5.60 Å². The van der Waals surface area contributed by atoms with Crippen LogP contribution < -0.4 is 0 Å². The topological polar surface area (TPSA) is 55.8 Å². The van der Waals surface area contributed by atoms with E-state index in [1.807, 2.05) is 26.8 Å². The number of rotatable bonds is 1.